The van der Waals surface area contributed by atoms with Gasteiger partial charge in [-0.25, -0.2) is 0 Å². The van der Waals surface area contributed by atoms with Gasteiger partial charge in [0.05, 0.1) is 12.7 Å². The van der Waals surface area contributed by atoms with Gasteiger partial charge >= 0.3 is 0 Å². The van der Waals surface area contributed by atoms with E-state index >= 15 is 0 Å². The fraction of sp³-hybridized carbons (Fsp3) is 0.844. The van der Waals surface area contributed by atoms with Gasteiger partial charge in [-0.15, -0.1) is 0 Å². The van der Waals surface area contributed by atoms with Crippen molar-refractivity contribution in [2.75, 3.05) is 6.61 Å². The lowest BCUT2D eigenvalue weighted by Gasteiger charge is -2.10. The molecule has 0 aromatic rings. The maximum atomic E-state index is 10.2. The zero-order chi connectivity index (χ0) is 25.5. The highest BCUT2D eigenvalue weighted by atomic mass is 16.5. The summed E-state index contributed by atoms with van der Waals surface area (Å²) in [4.78, 5) is 10.0. The molecule has 0 bridgehead atoms. The van der Waals surface area contributed by atoms with E-state index in [-0.39, 0.29) is 6.10 Å². The molecule has 0 saturated carbocycles. The van der Waals surface area contributed by atoms with Crippen molar-refractivity contribution in [2.24, 2.45) is 0 Å². The van der Waals surface area contributed by atoms with Gasteiger partial charge in [0.25, 0.3) is 6.47 Å². The smallest absolute Gasteiger partial charge is 0.293 e. The average molecular weight is 493 g/mol. The minimum Gasteiger partial charge on any atom is -0.468 e. The van der Waals surface area contributed by atoms with Crippen LogP contribution in [0.25, 0.3) is 0 Å². The fourth-order valence-electron chi connectivity index (χ4n) is 4.50. The summed E-state index contributed by atoms with van der Waals surface area (Å²) in [5.74, 6) is 0. The molecule has 0 aliphatic rings. The van der Waals surface area contributed by atoms with Gasteiger partial charge in [-0.1, -0.05) is 115 Å². The number of carbonyl (C=O) groups excluding carboxylic acids is 1. The number of ether oxygens (including phenoxy) is 1. The lowest BCUT2D eigenvalue weighted by molar-refractivity contribution is -0.128. The molecule has 0 radical (unpaired) electrons. The molecule has 0 fully saturated rings. The number of hydrogen-bond acceptors (Lipinski definition) is 3. The molecule has 1 atom stereocenters. The van der Waals surface area contributed by atoms with Crippen LogP contribution in [0.4, 0.5) is 0 Å². The van der Waals surface area contributed by atoms with E-state index in [9.17, 15) is 9.90 Å². The van der Waals surface area contributed by atoms with E-state index in [4.69, 9.17) is 0 Å². The Hall–Kier alpha value is -1.09. The number of rotatable bonds is 29. The maximum Gasteiger partial charge on any atom is 0.293 e. The van der Waals surface area contributed by atoms with Gasteiger partial charge in [-0.05, 0) is 70.6 Å². The Morgan fingerprint density at radius 1 is 0.543 bits per heavy atom. The fourth-order valence-corrected chi connectivity index (χ4v) is 4.50. The second-order valence-corrected chi connectivity index (χ2v) is 10.3. The van der Waals surface area contributed by atoms with Crippen LogP contribution < -0.4 is 0 Å². The molecule has 1 N–H and O–H groups in total. The van der Waals surface area contributed by atoms with E-state index in [1.165, 1.54) is 122 Å². The van der Waals surface area contributed by atoms with Crippen molar-refractivity contribution in [3.63, 3.8) is 0 Å². The quantitative estimate of drug-likeness (QED) is 0.0641. The van der Waals surface area contributed by atoms with E-state index in [1.54, 1.807) is 0 Å². The zero-order valence-corrected chi connectivity index (χ0v) is 23.4. The van der Waals surface area contributed by atoms with Gasteiger partial charge in [-0.2, -0.15) is 0 Å². The highest BCUT2D eigenvalue weighted by molar-refractivity contribution is 5.36. The van der Waals surface area contributed by atoms with Gasteiger partial charge in [0, 0.05) is 0 Å². The highest BCUT2D eigenvalue weighted by Gasteiger charge is 2.03. The maximum absolute atomic E-state index is 10.2. The SMILES string of the molecule is CCCCCC/C=C\CCCCCCCCC(O)CCCCCCCC/C=C\CCCCOC=O. The van der Waals surface area contributed by atoms with Crippen LogP contribution in [-0.4, -0.2) is 24.3 Å². The summed E-state index contributed by atoms with van der Waals surface area (Å²) in [7, 11) is 0. The van der Waals surface area contributed by atoms with Crippen molar-refractivity contribution >= 4 is 6.47 Å². The number of unbranched alkanes of at least 4 members (excludes halogenated alkanes) is 18. The first-order valence-electron chi connectivity index (χ1n) is 15.3. The van der Waals surface area contributed by atoms with Crippen molar-refractivity contribution in [2.45, 2.75) is 167 Å². The Balaban J connectivity index is 3.23. The van der Waals surface area contributed by atoms with Crippen LogP contribution in [0.1, 0.15) is 161 Å². The third-order valence-corrected chi connectivity index (χ3v) is 6.82. The Kier molecular flexibility index (Phi) is 30.0. The molecule has 0 spiro atoms. The molecule has 0 amide bonds. The standard InChI is InChI=1S/C32H60O3/c1-2-3-4-5-6-7-8-9-10-13-16-19-22-25-28-32(34)29-26-23-20-17-14-11-12-15-18-21-24-27-30-35-31-33/h7-8,15,18,31-32,34H,2-6,9-14,16-17,19-30H2,1H3/b8-7-,18-15-. The normalized spacial score (nSPS) is 12.6. The van der Waals surface area contributed by atoms with Crippen LogP contribution in [0.5, 0.6) is 0 Å². The summed E-state index contributed by atoms with van der Waals surface area (Å²) in [5, 5.41) is 10.2. The van der Waals surface area contributed by atoms with Crippen molar-refractivity contribution in [3.05, 3.63) is 24.3 Å². The number of allylic oxidation sites excluding steroid dienone is 4. The minimum atomic E-state index is -0.0763. The molecule has 3 nitrogen and oxygen atoms in total. The predicted molar refractivity (Wildman–Crippen MR) is 153 cm³/mol. The molecule has 3 heteroatoms. The van der Waals surface area contributed by atoms with E-state index in [0.717, 1.165) is 32.1 Å². The van der Waals surface area contributed by atoms with Crippen LogP contribution in [0.15, 0.2) is 24.3 Å². The Bertz CT molecular complexity index is 458. The topological polar surface area (TPSA) is 46.5 Å². The first kappa shape index (κ1) is 33.9. The molecule has 0 rings (SSSR count). The van der Waals surface area contributed by atoms with Crippen LogP contribution in [0.3, 0.4) is 0 Å². The summed E-state index contributed by atoms with van der Waals surface area (Å²) >= 11 is 0. The molecular formula is C32H60O3. The van der Waals surface area contributed by atoms with E-state index in [2.05, 4.69) is 36.0 Å². The Labute approximate surface area is 219 Å². The Morgan fingerprint density at radius 3 is 1.34 bits per heavy atom. The largest absolute Gasteiger partial charge is 0.468 e. The molecule has 0 saturated heterocycles. The molecule has 0 aromatic carbocycles. The first-order valence-corrected chi connectivity index (χ1v) is 15.3. The summed E-state index contributed by atoms with van der Waals surface area (Å²) < 4.78 is 4.68. The van der Waals surface area contributed by atoms with Crippen molar-refractivity contribution in [1.82, 2.24) is 0 Å². The van der Waals surface area contributed by atoms with Gasteiger partial charge in [0.15, 0.2) is 0 Å². The summed E-state index contributed by atoms with van der Waals surface area (Å²) in [6, 6.07) is 0. The summed E-state index contributed by atoms with van der Waals surface area (Å²) in [5.41, 5.74) is 0. The zero-order valence-electron chi connectivity index (χ0n) is 23.4. The summed E-state index contributed by atoms with van der Waals surface area (Å²) in [6.45, 7) is 3.34. The second-order valence-electron chi connectivity index (χ2n) is 10.3. The molecule has 0 heterocycles. The monoisotopic (exact) mass is 492 g/mol. The van der Waals surface area contributed by atoms with E-state index in [1.807, 2.05) is 0 Å². The first-order chi connectivity index (χ1) is 17.3. The molecule has 35 heavy (non-hydrogen) atoms. The number of aliphatic hydroxyl groups is 1. The van der Waals surface area contributed by atoms with E-state index < -0.39 is 0 Å². The van der Waals surface area contributed by atoms with Crippen molar-refractivity contribution < 1.29 is 14.6 Å². The minimum absolute atomic E-state index is 0.0763. The summed E-state index contributed by atoms with van der Waals surface area (Å²) in [6.07, 6.45) is 39.1. The molecule has 0 aromatic heterocycles. The van der Waals surface area contributed by atoms with Crippen LogP contribution >= 0.6 is 0 Å². The van der Waals surface area contributed by atoms with Crippen molar-refractivity contribution in [1.29, 1.82) is 0 Å². The highest BCUT2D eigenvalue weighted by Crippen LogP contribution is 2.15. The molecular weight excluding hydrogens is 432 g/mol. The van der Waals surface area contributed by atoms with Gasteiger partial charge in [-0.3, -0.25) is 4.79 Å². The molecule has 0 aliphatic heterocycles. The molecule has 206 valence electrons. The van der Waals surface area contributed by atoms with Crippen LogP contribution in [-0.2, 0) is 9.53 Å². The third kappa shape index (κ3) is 30.9. The van der Waals surface area contributed by atoms with Crippen LogP contribution in [0.2, 0.25) is 0 Å². The van der Waals surface area contributed by atoms with Gasteiger partial charge in [0.2, 0.25) is 0 Å². The lowest BCUT2D eigenvalue weighted by Crippen LogP contribution is -2.05. The average Bonchev–Trinajstić information content (AvgIpc) is 2.86. The van der Waals surface area contributed by atoms with Crippen LogP contribution in [0, 0.1) is 0 Å². The van der Waals surface area contributed by atoms with Gasteiger partial charge < -0.3 is 9.84 Å². The molecule has 0 aliphatic carbocycles. The third-order valence-electron chi connectivity index (χ3n) is 6.82. The van der Waals surface area contributed by atoms with Crippen molar-refractivity contribution in [3.8, 4) is 0 Å². The van der Waals surface area contributed by atoms with Gasteiger partial charge in [0.1, 0.15) is 0 Å². The number of aliphatic hydroxyl groups excluding tert-OH is 1. The number of carbonyl (C=O) groups is 1. The number of hydrogen-bond donors (Lipinski definition) is 1. The Morgan fingerprint density at radius 2 is 0.914 bits per heavy atom. The lowest BCUT2D eigenvalue weighted by atomic mass is 10.0. The predicted octanol–water partition coefficient (Wildman–Crippen LogP) is 10.0. The molecule has 1 unspecified atom stereocenters. The second kappa shape index (κ2) is 30.9. The van der Waals surface area contributed by atoms with E-state index in [0.29, 0.717) is 13.1 Å².